The van der Waals surface area contributed by atoms with Gasteiger partial charge in [0, 0.05) is 19.2 Å². The van der Waals surface area contributed by atoms with Crippen LogP contribution in [0, 0.1) is 11.7 Å². The minimum absolute atomic E-state index is 0.00751. The molecule has 1 aromatic rings. The summed E-state index contributed by atoms with van der Waals surface area (Å²) in [6.07, 6.45) is 0.943. The van der Waals surface area contributed by atoms with Crippen LogP contribution in [0.3, 0.4) is 0 Å². The van der Waals surface area contributed by atoms with Crippen LogP contribution in [0.1, 0.15) is 30.6 Å². The number of anilines is 1. The molecule has 3 nitrogen and oxygen atoms in total. The Morgan fingerprint density at radius 3 is 2.65 bits per heavy atom. The number of nitrogens with two attached hydrogens (primary N) is 1. The Hall–Kier alpha value is -1.58. The lowest BCUT2D eigenvalue weighted by atomic mass is 10.1. The van der Waals surface area contributed by atoms with Crippen LogP contribution in [0.4, 0.5) is 10.1 Å². The van der Waals surface area contributed by atoms with E-state index >= 15 is 0 Å². The molecule has 0 radical (unpaired) electrons. The molecule has 0 atom stereocenters. The van der Waals surface area contributed by atoms with Crippen molar-refractivity contribution in [3.05, 3.63) is 29.6 Å². The number of rotatable bonds is 4. The van der Waals surface area contributed by atoms with E-state index in [9.17, 15) is 9.18 Å². The lowest BCUT2D eigenvalue weighted by Gasteiger charge is -2.18. The Bertz CT molecular complexity index is 404. The minimum atomic E-state index is -0.494. The largest absolute Gasteiger partial charge is 0.396 e. The lowest BCUT2D eigenvalue weighted by molar-refractivity contribution is 0.0789. The molecule has 17 heavy (non-hydrogen) atoms. The van der Waals surface area contributed by atoms with Crippen molar-refractivity contribution in [2.45, 2.75) is 20.3 Å². The number of carbonyl (C=O) groups is 1. The van der Waals surface area contributed by atoms with Crippen molar-refractivity contribution in [1.29, 1.82) is 0 Å². The van der Waals surface area contributed by atoms with Crippen LogP contribution in [0.25, 0.3) is 0 Å². The summed E-state index contributed by atoms with van der Waals surface area (Å²) >= 11 is 0. The highest BCUT2D eigenvalue weighted by Crippen LogP contribution is 2.14. The Balaban J connectivity index is 2.71. The number of carbonyl (C=O) groups excluding carboxylic acids is 1. The molecular weight excluding hydrogens is 219 g/mol. The normalized spacial score (nSPS) is 10.6. The predicted octanol–water partition coefficient (Wildman–Crippen LogP) is 2.53. The second-order valence-corrected chi connectivity index (χ2v) is 4.65. The van der Waals surface area contributed by atoms with Gasteiger partial charge >= 0.3 is 0 Å². The van der Waals surface area contributed by atoms with E-state index in [1.807, 2.05) is 0 Å². The molecule has 0 spiro atoms. The summed E-state index contributed by atoms with van der Waals surface area (Å²) in [4.78, 5) is 13.6. The molecule has 0 fully saturated rings. The highest BCUT2D eigenvalue weighted by molar-refractivity contribution is 5.94. The first-order valence-corrected chi connectivity index (χ1v) is 5.72. The van der Waals surface area contributed by atoms with Crippen molar-refractivity contribution in [3.8, 4) is 0 Å². The number of hydrogen-bond acceptors (Lipinski definition) is 2. The van der Waals surface area contributed by atoms with Crippen LogP contribution in [0.5, 0.6) is 0 Å². The third-order valence-corrected chi connectivity index (χ3v) is 2.63. The van der Waals surface area contributed by atoms with Gasteiger partial charge in [0.25, 0.3) is 5.91 Å². The zero-order valence-corrected chi connectivity index (χ0v) is 10.5. The summed E-state index contributed by atoms with van der Waals surface area (Å²) in [5, 5.41) is 0. The van der Waals surface area contributed by atoms with E-state index in [-0.39, 0.29) is 11.6 Å². The molecule has 0 aromatic heterocycles. The van der Waals surface area contributed by atoms with Gasteiger partial charge in [-0.1, -0.05) is 13.8 Å². The first kappa shape index (κ1) is 13.5. The predicted molar refractivity (Wildman–Crippen MR) is 67.2 cm³/mol. The van der Waals surface area contributed by atoms with Crippen LogP contribution < -0.4 is 5.73 Å². The second kappa shape index (κ2) is 5.66. The minimum Gasteiger partial charge on any atom is -0.396 e. The third-order valence-electron chi connectivity index (χ3n) is 2.63. The van der Waals surface area contributed by atoms with Crippen LogP contribution in [0.2, 0.25) is 0 Å². The lowest BCUT2D eigenvalue weighted by Crippen LogP contribution is -2.28. The number of benzene rings is 1. The Labute approximate surface area is 101 Å². The molecule has 1 amide bonds. The Kier molecular flexibility index (Phi) is 4.49. The molecule has 0 saturated carbocycles. The number of halogens is 1. The summed E-state index contributed by atoms with van der Waals surface area (Å²) in [5.74, 6) is -0.0766. The van der Waals surface area contributed by atoms with Crippen molar-refractivity contribution in [3.63, 3.8) is 0 Å². The smallest absolute Gasteiger partial charge is 0.253 e. The van der Waals surface area contributed by atoms with E-state index in [4.69, 9.17) is 5.73 Å². The molecule has 0 unspecified atom stereocenters. The average Bonchev–Trinajstić information content (AvgIpc) is 2.28. The molecule has 4 heteroatoms. The van der Waals surface area contributed by atoms with Crippen molar-refractivity contribution in [1.82, 2.24) is 4.90 Å². The van der Waals surface area contributed by atoms with Crippen LogP contribution in [0.15, 0.2) is 18.2 Å². The van der Waals surface area contributed by atoms with Gasteiger partial charge in [-0.05, 0) is 30.5 Å². The van der Waals surface area contributed by atoms with Gasteiger partial charge < -0.3 is 10.6 Å². The van der Waals surface area contributed by atoms with Crippen molar-refractivity contribution in [2.24, 2.45) is 5.92 Å². The van der Waals surface area contributed by atoms with Crippen molar-refractivity contribution in [2.75, 3.05) is 19.3 Å². The SMILES string of the molecule is CC(C)CCN(C)C(=O)c1ccc(F)c(N)c1. The summed E-state index contributed by atoms with van der Waals surface area (Å²) in [5.41, 5.74) is 5.87. The van der Waals surface area contributed by atoms with Gasteiger partial charge in [0.2, 0.25) is 0 Å². The van der Waals surface area contributed by atoms with Crippen LogP contribution in [-0.2, 0) is 0 Å². The summed E-state index contributed by atoms with van der Waals surface area (Å²) < 4.78 is 13.0. The fraction of sp³-hybridized carbons (Fsp3) is 0.462. The van der Waals surface area contributed by atoms with Gasteiger partial charge in [-0.2, -0.15) is 0 Å². The molecule has 0 saturated heterocycles. The first-order chi connectivity index (χ1) is 7.91. The maximum absolute atomic E-state index is 13.0. The van der Waals surface area contributed by atoms with Gasteiger partial charge in [0.15, 0.2) is 0 Å². The van der Waals surface area contributed by atoms with E-state index in [0.29, 0.717) is 18.0 Å². The Morgan fingerprint density at radius 1 is 1.47 bits per heavy atom. The maximum Gasteiger partial charge on any atom is 0.253 e. The molecule has 2 N–H and O–H groups in total. The topological polar surface area (TPSA) is 46.3 Å². The molecular formula is C13H19FN2O. The second-order valence-electron chi connectivity index (χ2n) is 4.65. The van der Waals surface area contributed by atoms with Crippen molar-refractivity contribution < 1.29 is 9.18 Å². The quantitative estimate of drug-likeness (QED) is 0.819. The molecule has 0 heterocycles. The van der Waals surface area contributed by atoms with Gasteiger partial charge in [-0.3, -0.25) is 4.79 Å². The molecule has 0 aliphatic rings. The van der Waals surface area contributed by atoms with E-state index in [2.05, 4.69) is 13.8 Å². The number of nitrogens with zero attached hydrogens (tertiary/aromatic N) is 1. The molecule has 0 aliphatic carbocycles. The molecule has 94 valence electrons. The monoisotopic (exact) mass is 238 g/mol. The fourth-order valence-corrected chi connectivity index (χ4v) is 1.45. The summed E-state index contributed by atoms with van der Waals surface area (Å²) in [7, 11) is 1.74. The van der Waals surface area contributed by atoms with Gasteiger partial charge in [-0.25, -0.2) is 4.39 Å². The van der Waals surface area contributed by atoms with Crippen LogP contribution in [-0.4, -0.2) is 24.4 Å². The highest BCUT2D eigenvalue weighted by Gasteiger charge is 2.13. The van der Waals surface area contributed by atoms with E-state index in [1.165, 1.54) is 18.2 Å². The van der Waals surface area contributed by atoms with E-state index < -0.39 is 5.82 Å². The highest BCUT2D eigenvalue weighted by atomic mass is 19.1. The number of amides is 1. The fourth-order valence-electron chi connectivity index (χ4n) is 1.45. The maximum atomic E-state index is 13.0. The first-order valence-electron chi connectivity index (χ1n) is 5.72. The van der Waals surface area contributed by atoms with Gasteiger partial charge in [0.1, 0.15) is 5.82 Å². The molecule has 0 aliphatic heterocycles. The number of nitrogen functional groups attached to an aromatic ring is 1. The van der Waals surface area contributed by atoms with Gasteiger partial charge in [-0.15, -0.1) is 0 Å². The number of hydrogen-bond donors (Lipinski definition) is 1. The van der Waals surface area contributed by atoms with Gasteiger partial charge in [0.05, 0.1) is 5.69 Å². The van der Waals surface area contributed by atoms with E-state index in [0.717, 1.165) is 6.42 Å². The average molecular weight is 238 g/mol. The molecule has 1 rings (SSSR count). The Morgan fingerprint density at radius 2 is 2.12 bits per heavy atom. The summed E-state index contributed by atoms with van der Waals surface area (Å²) in [6.45, 7) is 4.90. The third kappa shape index (κ3) is 3.73. The summed E-state index contributed by atoms with van der Waals surface area (Å²) in [6, 6.07) is 4.06. The molecule has 0 bridgehead atoms. The van der Waals surface area contributed by atoms with Crippen LogP contribution >= 0.6 is 0 Å². The standard InChI is InChI=1S/C13H19FN2O/c1-9(2)6-7-16(3)13(17)10-4-5-11(14)12(15)8-10/h4-5,8-9H,6-7,15H2,1-3H3. The van der Waals surface area contributed by atoms with Crippen molar-refractivity contribution >= 4 is 11.6 Å². The zero-order chi connectivity index (χ0) is 13.0. The molecule has 1 aromatic carbocycles. The van der Waals surface area contributed by atoms with E-state index in [1.54, 1.807) is 11.9 Å². The zero-order valence-electron chi connectivity index (χ0n) is 10.5.